The van der Waals surface area contributed by atoms with Gasteiger partial charge in [-0.15, -0.1) is 0 Å². The summed E-state index contributed by atoms with van der Waals surface area (Å²) in [5.74, 6) is 2.08. The van der Waals surface area contributed by atoms with Gasteiger partial charge in [-0.2, -0.15) is 5.10 Å². The normalized spacial score (nSPS) is 14.7. The van der Waals surface area contributed by atoms with Crippen molar-refractivity contribution in [3.05, 3.63) is 11.6 Å². The molecule has 4 nitrogen and oxygen atoms in total. The molecule has 0 fully saturated rings. The Morgan fingerprint density at radius 1 is 1.17 bits per heavy atom. The first-order chi connectivity index (χ1) is 8.62. The number of nitrogens with one attached hydrogen (secondary N) is 1. The van der Waals surface area contributed by atoms with Crippen LogP contribution in [0, 0.1) is 0 Å². The van der Waals surface area contributed by atoms with Crippen molar-refractivity contribution in [2.45, 2.75) is 72.4 Å². The van der Waals surface area contributed by atoms with Crippen LogP contribution in [0.15, 0.2) is 0 Å². The maximum Gasteiger partial charge on any atom is 0.150 e. The monoisotopic (exact) mass is 252 g/mol. The second kappa shape index (κ2) is 7.52. The van der Waals surface area contributed by atoms with E-state index < -0.39 is 0 Å². The van der Waals surface area contributed by atoms with Crippen molar-refractivity contribution in [3.8, 4) is 0 Å². The van der Waals surface area contributed by atoms with Crippen LogP contribution in [0.4, 0.5) is 0 Å². The van der Waals surface area contributed by atoms with Crippen molar-refractivity contribution >= 4 is 0 Å². The predicted molar refractivity (Wildman–Crippen MR) is 75.9 cm³/mol. The standard InChI is InChI=1S/C14H28N4/c1-6-9-15-11(4)10-12(5)18-14(8-3)16-13(7-2)17-18/h11-12,15H,6-10H2,1-5H3. The summed E-state index contributed by atoms with van der Waals surface area (Å²) in [6.45, 7) is 12.0. The van der Waals surface area contributed by atoms with Crippen LogP contribution in [-0.4, -0.2) is 27.4 Å². The highest BCUT2D eigenvalue weighted by atomic mass is 15.4. The van der Waals surface area contributed by atoms with Crippen molar-refractivity contribution in [2.24, 2.45) is 0 Å². The summed E-state index contributed by atoms with van der Waals surface area (Å²) in [7, 11) is 0. The lowest BCUT2D eigenvalue weighted by Gasteiger charge is -2.19. The summed E-state index contributed by atoms with van der Waals surface area (Å²) < 4.78 is 2.11. The SMILES string of the molecule is CCCNC(C)CC(C)n1nc(CC)nc1CC. The summed E-state index contributed by atoms with van der Waals surface area (Å²) in [4.78, 5) is 4.57. The molecular weight excluding hydrogens is 224 g/mol. The second-order valence-electron chi connectivity index (χ2n) is 5.04. The minimum absolute atomic E-state index is 0.409. The van der Waals surface area contributed by atoms with E-state index in [1.807, 2.05) is 0 Å². The average Bonchev–Trinajstić information content (AvgIpc) is 2.79. The van der Waals surface area contributed by atoms with Gasteiger partial charge in [0.2, 0.25) is 0 Å². The van der Waals surface area contributed by atoms with Gasteiger partial charge in [0.1, 0.15) is 5.82 Å². The fourth-order valence-electron chi connectivity index (χ4n) is 2.23. The molecule has 18 heavy (non-hydrogen) atoms. The summed E-state index contributed by atoms with van der Waals surface area (Å²) in [6, 6.07) is 0.936. The van der Waals surface area contributed by atoms with Gasteiger partial charge in [0.25, 0.3) is 0 Å². The topological polar surface area (TPSA) is 42.7 Å². The molecule has 0 spiro atoms. The van der Waals surface area contributed by atoms with Gasteiger partial charge in [-0.25, -0.2) is 9.67 Å². The Kier molecular flexibility index (Phi) is 6.33. The third-order valence-electron chi connectivity index (χ3n) is 3.23. The smallest absolute Gasteiger partial charge is 0.150 e. The van der Waals surface area contributed by atoms with E-state index in [-0.39, 0.29) is 0 Å². The summed E-state index contributed by atoms with van der Waals surface area (Å²) in [5, 5.41) is 8.14. The van der Waals surface area contributed by atoms with Crippen molar-refractivity contribution in [3.63, 3.8) is 0 Å². The van der Waals surface area contributed by atoms with Gasteiger partial charge in [0.15, 0.2) is 5.82 Å². The van der Waals surface area contributed by atoms with Crippen LogP contribution in [-0.2, 0) is 12.8 Å². The molecule has 0 aromatic carbocycles. The predicted octanol–water partition coefficient (Wildman–Crippen LogP) is 2.74. The zero-order valence-electron chi connectivity index (χ0n) is 12.5. The molecular formula is C14H28N4. The van der Waals surface area contributed by atoms with Crippen LogP contribution >= 0.6 is 0 Å². The number of hydrogen-bond donors (Lipinski definition) is 1. The lowest BCUT2D eigenvalue weighted by molar-refractivity contribution is 0.379. The highest BCUT2D eigenvalue weighted by Crippen LogP contribution is 2.15. The fraction of sp³-hybridized carbons (Fsp3) is 0.857. The maximum atomic E-state index is 4.61. The molecule has 0 saturated heterocycles. The molecule has 0 saturated carbocycles. The van der Waals surface area contributed by atoms with Gasteiger partial charge >= 0.3 is 0 Å². The molecule has 2 atom stereocenters. The zero-order valence-corrected chi connectivity index (χ0v) is 12.5. The number of hydrogen-bond acceptors (Lipinski definition) is 3. The van der Waals surface area contributed by atoms with Gasteiger partial charge in [0, 0.05) is 18.9 Å². The molecule has 0 radical (unpaired) electrons. The molecule has 1 heterocycles. The number of aromatic nitrogens is 3. The van der Waals surface area contributed by atoms with Gasteiger partial charge < -0.3 is 5.32 Å². The molecule has 1 N–H and O–H groups in total. The number of rotatable bonds is 8. The number of nitrogens with zero attached hydrogens (tertiary/aromatic N) is 3. The Morgan fingerprint density at radius 3 is 2.44 bits per heavy atom. The molecule has 1 aromatic heterocycles. The van der Waals surface area contributed by atoms with E-state index in [2.05, 4.69) is 54.7 Å². The molecule has 0 bridgehead atoms. The molecule has 0 aliphatic rings. The number of aryl methyl sites for hydroxylation is 2. The molecule has 1 aromatic rings. The molecule has 4 heteroatoms. The van der Waals surface area contributed by atoms with Gasteiger partial charge in [-0.3, -0.25) is 0 Å². The van der Waals surface area contributed by atoms with E-state index in [9.17, 15) is 0 Å². The third kappa shape index (κ3) is 4.09. The lowest BCUT2D eigenvalue weighted by atomic mass is 10.1. The van der Waals surface area contributed by atoms with E-state index in [1.165, 1.54) is 6.42 Å². The Hall–Kier alpha value is -0.900. The minimum atomic E-state index is 0.409. The van der Waals surface area contributed by atoms with Crippen LogP contribution in [0.25, 0.3) is 0 Å². The third-order valence-corrected chi connectivity index (χ3v) is 3.23. The van der Waals surface area contributed by atoms with Crippen molar-refractivity contribution in [1.29, 1.82) is 0 Å². The van der Waals surface area contributed by atoms with Crippen LogP contribution in [0.5, 0.6) is 0 Å². The van der Waals surface area contributed by atoms with E-state index in [4.69, 9.17) is 0 Å². The molecule has 0 amide bonds. The van der Waals surface area contributed by atoms with Gasteiger partial charge in [-0.05, 0) is 33.2 Å². The van der Waals surface area contributed by atoms with Crippen LogP contribution in [0.1, 0.15) is 65.2 Å². The molecule has 1 rings (SSSR count). The van der Waals surface area contributed by atoms with E-state index >= 15 is 0 Å². The molecule has 2 unspecified atom stereocenters. The fourth-order valence-corrected chi connectivity index (χ4v) is 2.23. The van der Waals surface area contributed by atoms with E-state index in [0.29, 0.717) is 12.1 Å². The molecule has 0 aliphatic heterocycles. The molecule has 0 aliphatic carbocycles. The Morgan fingerprint density at radius 2 is 1.89 bits per heavy atom. The van der Waals surface area contributed by atoms with E-state index in [0.717, 1.165) is 37.5 Å². The van der Waals surface area contributed by atoms with Crippen molar-refractivity contribution < 1.29 is 0 Å². The van der Waals surface area contributed by atoms with E-state index in [1.54, 1.807) is 0 Å². The highest BCUT2D eigenvalue weighted by Gasteiger charge is 2.15. The quantitative estimate of drug-likeness (QED) is 0.773. The first kappa shape index (κ1) is 15.2. The summed E-state index contributed by atoms with van der Waals surface area (Å²) >= 11 is 0. The van der Waals surface area contributed by atoms with Gasteiger partial charge in [-0.1, -0.05) is 20.8 Å². The average molecular weight is 252 g/mol. The first-order valence-electron chi connectivity index (χ1n) is 7.29. The van der Waals surface area contributed by atoms with Crippen LogP contribution in [0.3, 0.4) is 0 Å². The Bertz CT molecular complexity index is 346. The Balaban J connectivity index is 2.64. The van der Waals surface area contributed by atoms with Crippen LogP contribution in [0.2, 0.25) is 0 Å². The van der Waals surface area contributed by atoms with Crippen molar-refractivity contribution in [2.75, 3.05) is 6.54 Å². The van der Waals surface area contributed by atoms with Crippen molar-refractivity contribution in [1.82, 2.24) is 20.1 Å². The summed E-state index contributed by atoms with van der Waals surface area (Å²) in [5.41, 5.74) is 0. The maximum absolute atomic E-state index is 4.61. The van der Waals surface area contributed by atoms with Crippen LogP contribution < -0.4 is 5.32 Å². The zero-order chi connectivity index (χ0) is 13.5. The lowest BCUT2D eigenvalue weighted by Crippen LogP contribution is -2.29. The first-order valence-corrected chi connectivity index (χ1v) is 7.29. The molecule has 104 valence electrons. The Labute approximate surface area is 111 Å². The minimum Gasteiger partial charge on any atom is -0.314 e. The highest BCUT2D eigenvalue weighted by molar-refractivity contribution is 4.94. The van der Waals surface area contributed by atoms with Gasteiger partial charge in [0.05, 0.1) is 6.04 Å². The largest absolute Gasteiger partial charge is 0.314 e. The second-order valence-corrected chi connectivity index (χ2v) is 5.04. The summed E-state index contributed by atoms with van der Waals surface area (Å²) in [6.07, 6.45) is 4.15.